The number of carbonyl (C=O) groups is 2. The average molecular weight is 386 g/mol. The minimum absolute atomic E-state index is 0.0423. The van der Waals surface area contributed by atoms with E-state index in [4.69, 9.17) is 11.6 Å². The molecule has 0 spiro atoms. The third-order valence-corrected chi connectivity index (χ3v) is 5.38. The number of nitrogens with zero attached hydrogens (tertiary/aromatic N) is 2. The molecule has 1 aliphatic heterocycles. The summed E-state index contributed by atoms with van der Waals surface area (Å²) in [5.41, 5.74) is 3.20. The van der Waals surface area contributed by atoms with E-state index in [0.29, 0.717) is 30.4 Å². The van der Waals surface area contributed by atoms with Crippen LogP contribution in [0.3, 0.4) is 0 Å². The molecule has 1 fully saturated rings. The van der Waals surface area contributed by atoms with Crippen LogP contribution in [0, 0.1) is 6.92 Å². The fourth-order valence-electron chi connectivity index (χ4n) is 3.40. The van der Waals surface area contributed by atoms with Crippen molar-refractivity contribution in [2.75, 3.05) is 19.6 Å². The minimum Gasteiger partial charge on any atom is -0.349 e. The van der Waals surface area contributed by atoms with Crippen molar-refractivity contribution in [3.05, 3.63) is 58.8 Å². The summed E-state index contributed by atoms with van der Waals surface area (Å²) >= 11 is 6.26. The Bertz CT molecular complexity index is 905. The van der Waals surface area contributed by atoms with Crippen LogP contribution in [0.15, 0.2) is 42.5 Å². The summed E-state index contributed by atoms with van der Waals surface area (Å²) in [6, 6.07) is 5.56. The van der Waals surface area contributed by atoms with Gasteiger partial charge in [-0.2, -0.15) is 0 Å². The molecular formula is C21H24ClN3O2. The van der Waals surface area contributed by atoms with E-state index in [9.17, 15) is 9.59 Å². The van der Waals surface area contributed by atoms with Crippen LogP contribution in [-0.2, 0) is 4.79 Å². The van der Waals surface area contributed by atoms with E-state index in [1.54, 1.807) is 17.1 Å². The highest BCUT2D eigenvalue weighted by atomic mass is 35.5. The molecular weight excluding hydrogens is 362 g/mol. The summed E-state index contributed by atoms with van der Waals surface area (Å²) in [7, 11) is 0. The number of aryl methyl sites for hydroxylation is 1. The number of aromatic nitrogens is 1. The van der Waals surface area contributed by atoms with Crippen LogP contribution in [0.2, 0.25) is 5.02 Å². The topological polar surface area (TPSA) is 56.4 Å². The number of carbonyl (C=O) groups excluding carboxylic acids is 2. The summed E-state index contributed by atoms with van der Waals surface area (Å²) in [4.78, 5) is 32.1. The number of fused-ring (bicyclic) bond motifs is 1. The van der Waals surface area contributed by atoms with Crippen molar-refractivity contribution in [3.63, 3.8) is 0 Å². The Morgan fingerprint density at radius 2 is 2.07 bits per heavy atom. The lowest BCUT2D eigenvalue weighted by atomic mass is 10.1. The molecule has 2 heterocycles. The zero-order valence-electron chi connectivity index (χ0n) is 15.9. The normalized spacial score (nSPS) is 18.1. The largest absolute Gasteiger partial charge is 0.349 e. The van der Waals surface area contributed by atoms with Gasteiger partial charge in [0.2, 0.25) is 5.91 Å². The van der Waals surface area contributed by atoms with Gasteiger partial charge in [0.15, 0.2) is 0 Å². The van der Waals surface area contributed by atoms with Gasteiger partial charge in [-0.1, -0.05) is 30.3 Å². The van der Waals surface area contributed by atoms with E-state index >= 15 is 0 Å². The van der Waals surface area contributed by atoms with Crippen LogP contribution >= 0.6 is 11.6 Å². The summed E-state index contributed by atoms with van der Waals surface area (Å²) < 4.78 is 0. The molecule has 0 radical (unpaired) electrons. The summed E-state index contributed by atoms with van der Waals surface area (Å²) in [5.74, 6) is -0.113. The van der Waals surface area contributed by atoms with E-state index in [2.05, 4.69) is 11.6 Å². The molecule has 1 unspecified atom stereocenters. The smallest absolute Gasteiger partial charge is 0.270 e. The van der Waals surface area contributed by atoms with Crippen molar-refractivity contribution < 1.29 is 9.59 Å². The fourth-order valence-corrected chi connectivity index (χ4v) is 3.61. The van der Waals surface area contributed by atoms with E-state index in [1.807, 2.05) is 43.9 Å². The highest BCUT2D eigenvalue weighted by Gasteiger charge is 2.30. The molecule has 6 heteroatoms. The van der Waals surface area contributed by atoms with Crippen LogP contribution in [0.1, 0.15) is 29.9 Å². The monoisotopic (exact) mass is 385 g/mol. The SMILES string of the molecule is C=C/C(C)=C\C(=O)N1CCN(C(=O)c2cc3c(C)ccc(Cl)c3[nH]2)C(C)C1. The molecule has 1 atom stereocenters. The van der Waals surface area contributed by atoms with Crippen molar-refractivity contribution in [3.8, 4) is 0 Å². The Morgan fingerprint density at radius 3 is 2.70 bits per heavy atom. The number of nitrogens with one attached hydrogen (secondary N) is 1. The third-order valence-electron chi connectivity index (χ3n) is 5.06. The first-order chi connectivity index (χ1) is 12.8. The van der Waals surface area contributed by atoms with Crippen LogP contribution in [-0.4, -0.2) is 52.3 Å². The lowest BCUT2D eigenvalue weighted by molar-refractivity contribution is -0.128. The maximum atomic E-state index is 13.0. The first kappa shape index (κ1) is 19.2. The lowest BCUT2D eigenvalue weighted by Gasteiger charge is -2.39. The van der Waals surface area contributed by atoms with Gasteiger partial charge in [0.25, 0.3) is 5.91 Å². The van der Waals surface area contributed by atoms with Gasteiger partial charge >= 0.3 is 0 Å². The first-order valence-electron chi connectivity index (χ1n) is 9.00. The molecule has 2 aromatic rings. The van der Waals surface area contributed by atoms with E-state index in [-0.39, 0.29) is 17.9 Å². The minimum atomic E-state index is -0.0735. The molecule has 0 bridgehead atoms. The number of aromatic amines is 1. The predicted molar refractivity (Wildman–Crippen MR) is 109 cm³/mol. The number of H-pyrrole nitrogens is 1. The number of piperazine rings is 1. The molecule has 1 aromatic heterocycles. The van der Waals surface area contributed by atoms with Crippen LogP contribution in [0.25, 0.3) is 10.9 Å². The molecule has 3 rings (SSSR count). The first-order valence-corrected chi connectivity index (χ1v) is 9.38. The predicted octanol–water partition coefficient (Wildman–Crippen LogP) is 3.93. The van der Waals surface area contributed by atoms with Crippen molar-refractivity contribution >= 4 is 34.3 Å². The molecule has 1 N–H and O–H groups in total. The fraction of sp³-hybridized carbons (Fsp3) is 0.333. The van der Waals surface area contributed by atoms with Gasteiger partial charge in [-0.3, -0.25) is 9.59 Å². The molecule has 1 aliphatic rings. The van der Waals surface area contributed by atoms with Crippen LogP contribution < -0.4 is 0 Å². The van der Waals surface area contributed by atoms with Crippen LogP contribution in [0.4, 0.5) is 0 Å². The Labute approximate surface area is 164 Å². The van der Waals surface area contributed by atoms with Gasteiger partial charge in [0.05, 0.1) is 10.5 Å². The Kier molecular flexibility index (Phi) is 5.42. The molecule has 27 heavy (non-hydrogen) atoms. The Hall–Kier alpha value is -2.53. The summed E-state index contributed by atoms with van der Waals surface area (Å²) in [6.07, 6.45) is 3.24. The highest BCUT2D eigenvalue weighted by molar-refractivity contribution is 6.35. The van der Waals surface area contributed by atoms with Crippen LogP contribution in [0.5, 0.6) is 0 Å². The zero-order valence-corrected chi connectivity index (χ0v) is 16.6. The van der Waals surface area contributed by atoms with Gasteiger partial charge in [0.1, 0.15) is 5.69 Å². The standard InChI is InChI=1S/C21H24ClN3O2/c1-5-13(2)10-19(26)24-8-9-25(15(4)12-24)21(27)18-11-16-14(3)6-7-17(22)20(16)23-18/h5-7,10-11,15,23H,1,8-9,12H2,2-4H3/b13-10-. The number of hydrogen-bond donors (Lipinski definition) is 1. The zero-order chi connectivity index (χ0) is 19.7. The molecule has 2 amide bonds. The van der Waals surface area contributed by atoms with Gasteiger partial charge in [-0.25, -0.2) is 0 Å². The van der Waals surface area contributed by atoms with Gasteiger partial charge < -0.3 is 14.8 Å². The second-order valence-corrected chi connectivity index (χ2v) is 7.47. The van der Waals surface area contributed by atoms with Gasteiger partial charge in [-0.15, -0.1) is 0 Å². The Balaban J connectivity index is 1.77. The van der Waals surface area contributed by atoms with Crippen molar-refractivity contribution in [2.45, 2.75) is 26.8 Å². The average Bonchev–Trinajstić information content (AvgIpc) is 3.10. The number of allylic oxidation sites excluding steroid dienone is 2. The number of rotatable bonds is 3. The van der Waals surface area contributed by atoms with Gasteiger partial charge in [-0.05, 0) is 44.0 Å². The van der Waals surface area contributed by atoms with Gasteiger partial charge in [0, 0.05) is 37.1 Å². The Morgan fingerprint density at radius 1 is 1.33 bits per heavy atom. The van der Waals surface area contributed by atoms with E-state index in [1.165, 1.54) is 0 Å². The number of halogens is 1. The quantitative estimate of drug-likeness (QED) is 0.642. The molecule has 1 aromatic carbocycles. The summed E-state index contributed by atoms with van der Waals surface area (Å²) in [6.45, 7) is 11.0. The van der Waals surface area contributed by atoms with Crippen molar-refractivity contribution in [2.24, 2.45) is 0 Å². The number of amides is 2. The van der Waals surface area contributed by atoms with Crippen molar-refractivity contribution in [1.82, 2.24) is 14.8 Å². The molecule has 5 nitrogen and oxygen atoms in total. The molecule has 0 saturated carbocycles. The van der Waals surface area contributed by atoms with E-state index < -0.39 is 0 Å². The number of benzene rings is 1. The third kappa shape index (κ3) is 3.78. The summed E-state index contributed by atoms with van der Waals surface area (Å²) in [5, 5.41) is 1.56. The molecule has 1 saturated heterocycles. The lowest BCUT2D eigenvalue weighted by Crippen LogP contribution is -2.55. The number of hydrogen-bond acceptors (Lipinski definition) is 2. The van der Waals surface area contributed by atoms with Crippen molar-refractivity contribution in [1.29, 1.82) is 0 Å². The maximum absolute atomic E-state index is 13.0. The second kappa shape index (κ2) is 7.61. The van der Waals surface area contributed by atoms with E-state index in [0.717, 1.165) is 22.0 Å². The highest BCUT2D eigenvalue weighted by Crippen LogP contribution is 2.27. The molecule has 0 aliphatic carbocycles. The molecule has 142 valence electrons. The second-order valence-electron chi connectivity index (χ2n) is 7.06. The maximum Gasteiger partial charge on any atom is 0.270 e.